The van der Waals surface area contributed by atoms with Crippen LogP contribution >= 0.6 is 0 Å². The third-order valence-corrected chi connectivity index (χ3v) is 12.7. The van der Waals surface area contributed by atoms with Gasteiger partial charge in [-0.15, -0.1) is 0 Å². The van der Waals surface area contributed by atoms with Crippen LogP contribution in [0.1, 0.15) is 38.9 Å². The van der Waals surface area contributed by atoms with Crippen molar-refractivity contribution in [3.05, 3.63) is 251 Å². The van der Waals surface area contributed by atoms with Crippen LogP contribution in [-0.2, 0) is 93.6 Å². The van der Waals surface area contributed by atoms with Crippen LogP contribution in [-0.4, -0.2) is 79.7 Å². The van der Waals surface area contributed by atoms with E-state index in [0.717, 1.165) is 38.9 Å². The van der Waals surface area contributed by atoms with Gasteiger partial charge in [-0.3, -0.25) is 0 Å². The van der Waals surface area contributed by atoms with Gasteiger partial charge in [0.05, 0.1) is 59.5 Å². The van der Waals surface area contributed by atoms with Gasteiger partial charge in [0.15, 0.2) is 12.6 Å². The highest BCUT2D eigenvalue weighted by atomic mass is 16.8. The lowest BCUT2D eigenvalue weighted by atomic mass is 9.96. The number of aliphatic hydroxyl groups is 1. The van der Waals surface area contributed by atoms with E-state index in [2.05, 4.69) is 0 Å². The van der Waals surface area contributed by atoms with Crippen molar-refractivity contribution in [2.75, 3.05) is 13.2 Å². The van der Waals surface area contributed by atoms with E-state index in [0.29, 0.717) is 13.2 Å². The average molecular weight is 973 g/mol. The summed E-state index contributed by atoms with van der Waals surface area (Å²) in [5.74, 6) is 0. The Labute approximate surface area is 423 Å². The molecule has 11 nitrogen and oxygen atoms in total. The normalized spacial score (nSPS) is 24.2. The zero-order valence-corrected chi connectivity index (χ0v) is 40.4. The van der Waals surface area contributed by atoms with Crippen LogP contribution in [0.4, 0.5) is 0 Å². The van der Waals surface area contributed by atoms with Crippen molar-refractivity contribution in [1.82, 2.24) is 0 Å². The highest BCUT2D eigenvalue weighted by Gasteiger charge is 2.54. The molecule has 1 N–H and O–H groups in total. The summed E-state index contributed by atoms with van der Waals surface area (Å²) in [6.07, 6.45) is -9.54. The fourth-order valence-electron chi connectivity index (χ4n) is 8.92. The molecule has 7 aromatic carbocycles. The largest absolute Gasteiger partial charge is 0.385 e. The van der Waals surface area contributed by atoms with Crippen LogP contribution in [0.5, 0.6) is 0 Å². The van der Waals surface area contributed by atoms with E-state index in [9.17, 15) is 5.11 Å². The van der Waals surface area contributed by atoms with Gasteiger partial charge in [-0.1, -0.05) is 212 Å². The van der Waals surface area contributed by atoms with Crippen molar-refractivity contribution in [2.45, 2.75) is 108 Å². The summed E-state index contributed by atoms with van der Waals surface area (Å²) < 4.78 is 68.2. The minimum atomic E-state index is -1.36. The van der Waals surface area contributed by atoms with E-state index in [4.69, 9.17) is 47.4 Å². The van der Waals surface area contributed by atoms with Gasteiger partial charge in [0.1, 0.15) is 48.8 Å². The molecule has 0 aliphatic carbocycles. The van der Waals surface area contributed by atoms with Crippen LogP contribution in [0.3, 0.4) is 0 Å². The molecule has 374 valence electrons. The van der Waals surface area contributed by atoms with E-state index in [-0.39, 0.29) is 46.2 Å². The molecule has 72 heavy (non-hydrogen) atoms. The molecule has 2 aliphatic rings. The summed E-state index contributed by atoms with van der Waals surface area (Å²) in [6, 6.07) is 69.5. The topological polar surface area (TPSA) is 113 Å². The van der Waals surface area contributed by atoms with Crippen molar-refractivity contribution < 1.29 is 52.5 Å². The first-order valence-corrected chi connectivity index (χ1v) is 24.8. The summed E-state index contributed by atoms with van der Waals surface area (Å²) >= 11 is 0. The van der Waals surface area contributed by atoms with Gasteiger partial charge in [-0.25, -0.2) is 0 Å². The maximum absolute atomic E-state index is 12.7. The summed E-state index contributed by atoms with van der Waals surface area (Å²) in [6.45, 7) is 1.93. The molecule has 0 aromatic heterocycles. The minimum absolute atomic E-state index is 0.0739. The summed E-state index contributed by atoms with van der Waals surface area (Å²) in [5, 5.41) is 12.7. The summed E-state index contributed by atoms with van der Waals surface area (Å²) in [7, 11) is 0. The van der Waals surface area contributed by atoms with Crippen LogP contribution in [0, 0.1) is 0 Å². The molecule has 2 saturated heterocycles. The molecule has 0 saturated carbocycles. The van der Waals surface area contributed by atoms with Crippen LogP contribution < -0.4 is 0 Å². The summed E-state index contributed by atoms with van der Waals surface area (Å²) in [4.78, 5) is 0. The lowest BCUT2D eigenvalue weighted by molar-refractivity contribution is -0.374. The molecular weight excluding hydrogens is 909 g/mol. The molecule has 2 aliphatic heterocycles. The predicted octanol–water partition coefficient (Wildman–Crippen LogP) is 10.2. The van der Waals surface area contributed by atoms with E-state index >= 15 is 0 Å². The molecule has 0 radical (unpaired) electrons. The SMILES string of the molecule is O[C@@H]1[C@H](O[C@H]2[C@H](OCc3ccccc3)[C@@H](OCc3ccccc3)[C@H](OCc3ccccc3)O[C@@H]2COCc2ccccc2)O[C@H](COCc2ccccc2)[C@@H](OCc2ccccc2)[C@@H]1OCc1ccccc1. The third-order valence-electron chi connectivity index (χ3n) is 12.7. The van der Waals surface area contributed by atoms with Crippen LogP contribution in [0.25, 0.3) is 0 Å². The second-order valence-electron chi connectivity index (χ2n) is 18.0. The number of ether oxygens (including phenoxy) is 10. The molecule has 2 fully saturated rings. The number of benzene rings is 7. The van der Waals surface area contributed by atoms with Crippen molar-refractivity contribution in [1.29, 1.82) is 0 Å². The summed E-state index contributed by atoms with van der Waals surface area (Å²) in [5.41, 5.74) is 6.74. The standard InChI is InChI=1S/C61H64O11/c62-54-57(66-39-48-28-14-4-15-29-48)55(65-38-47-26-12-3-13-27-47)52(43-63-36-45-22-8-1-9-23-45)70-60(54)72-56-53(44-64-37-46-24-10-2-11-25-46)71-61(69-42-51-34-20-7-21-35-51)59(68-41-50-32-18-6-19-33-50)58(56)67-40-49-30-16-5-17-31-49/h1-35,52-62H,36-44H2/t52-,53-,54+,55-,56-,57-,58+,59-,60+,61-/m1/s1. The second kappa shape index (κ2) is 27.2. The second-order valence-corrected chi connectivity index (χ2v) is 18.0. The number of aliphatic hydroxyl groups excluding tert-OH is 1. The molecule has 0 unspecified atom stereocenters. The monoisotopic (exact) mass is 972 g/mol. The maximum atomic E-state index is 12.7. The van der Waals surface area contributed by atoms with Crippen LogP contribution in [0.15, 0.2) is 212 Å². The van der Waals surface area contributed by atoms with Gasteiger partial charge in [-0.2, -0.15) is 0 Å². The lowest BCUT2D eigenvalue weighted by Gasteiger charge is -2.49. The highest BCUT2D eigenvalue weighted by Crippen LogP contribution is 2.36. The number of rotatable bonds is 25. The molecule has 9 rings (SSSR count). The Balaban J connectivity index is 1.07. The van der Waals surface area contributed by atoms with Gasteiger partial charge in [0.2, 0.25) is 0 Å². The first-order valence-electron chi connectivity index (χ1n) is 24.8. The maximum Gasteiger partial charge on any atom is 0.187 e. The number of hydrogen-bond donors (Lipinski definition) is 1. The Morgan fingerprint density at radius 2 is 0.583 bits per heavy atom. The Bertz CT molecular complexity index is 2550. The zero-order chi connectivity index (χ0) is 49.0. The van der Waals surface area contributed by atoms with Crippen molar-refractivity contribution in [3.63, 3.8) is 0 Å². The fourth-order valence-corrected chi connectivity index (χ4v) is 8.92. The Morgan fingerprint density at radius 3 is 0.972 bits per heavy atom. The first-order chi connectivity index (χ1) is 35.6. The Hall–Kier alpha value is -5.90. The van der Waals surface area contributed by atoms with Gasteiger partial charge in [0.25, 0.3) is 0 Å². The van der Waals surface area contributed by atoms with E-state index < -0.39 is 61.4 Å². The Morgan fingerprint density at radius 1 is 0.292 bits per heavy atom. The van der Waals surface area contributed by atoms with Crippen molar-refractivity contribution in [2.24, 2.45) is 0 Å². The first kappa shape index (κ1) is 51.0. The average Bonchev–Trinajstić information content (AvgIpc) is 3.44. The van der Waals surface area contributed by atoms with Gasteiger partial charge >= 0.3 is 0 Å². The third kappa shape index (κ3) is 14.8. The molecule has 10 atom stereocenters. The van der Waals surface area contributed by atoms with Crippen molar-refractivity contribution >= 4 is 0 Å². The van der Waals surface area contributed by atoms with Gasteiger partial charge < -0.3 is 52.5 Å². The lowest BCUT2D eigenvalue weighted by Crippen LogP contribution is -2.66. The molecule has 2 heterocycles. The van der Waals surface area contributed by atoms with Crippen molar-refractivity contribution in [3.8, 4) is 0 Å². The fraction of sp³-hybridized carbons (Fsp3) is 0.311. The zero-order valence-electron chi connectivity index (χ0n) is 40.4. The predicted molar refractivity (Wildman–Crippen MR) is 272 cm³/mol. The Kier molecular flexibility index (Phi) is 19.3. The molecule has 0 spiro atoms. The quantitative estimate of drug-likeness (QED) is 0.0591. The molecule has 0 bridgehead atoms. The van der Waals surface area contributed by atoms with Crippen LogP contribution in [0.2, 0.25) is 0 Å². The number of hydrogen-bond acceptors (Lipinski definition) is 11. The molecule has 11 heteroatoms. The van der Waals surface area contributed by atoms with E-state index in [1.54, 1.807) is 0 Å². The van der Waals surface area contributed by atoms with Gasteiger partial charge in [-0.05, 0) is 38.9 Å². The minimum Gasteiger partial charge on any atom is -0.385 e. The smallest absolute Gasteiger partial charge is 0.187 e. The van der Waals surface area contributed by atoms with E-state index in [1.807, 2.05) is 212 Å². The van der Waals surface area contributed by atoms with E-state index in [1.165, 1.54) is 0 Å². The molecule has 0 amide bonds. The van der Waals surface area contributed by atoms with Gasteiger partial charge in [0, 0.05) is 0 Å². The highest BCUT2D eigenvalue weighted by molar-refractivity contribution is 5.19. The molecular formula is C61H64O11. The molecule has 7 aromatic rings.